The number of aromatic amines is 1. The molecule has 0 saturated carbocycles. The van der Waals surface area contributed by atoms with Gasteiger partial charge in [-0.25, -0.2) is 4.98 Å². The maximum atomic E-state index is 4.79. The molecule has 4 heterocycles. The second-order valence-corrected chi connectivity index (χ2v) is 5.42. The van der Waals surface area contributed by atoms with E-state index in [0.717, 1.165) is 35.5 Å². The lowest BCUT2D eigenvalue weighted by Crippen LogP contribution is -2.25. The van der Waals surface area contributed by atoms with Gasteiger partial charge in [0.1, 0.15) is 11.5 Å². The highest BCUT2D eigenvalue weighted by Gasteiger charge is 2.24. The van der Waals surface area contributed by atoms with Crippen LogP contribution in [0.5, 0.6) is 0 Å². The molecule has 0 spiro atoms. The molecular formula is C16H16N4. The third kappa shape index (κ3) is 1.93. The van der Waals surface area contributed by atoms with E-state index in [1.807, 2.05) is 12.3 Å². The zero-order valence-electron chi connectivity index (χ0n) is 11.4. The summed E-state index contributed by atoms with van der Waals surface area (Å²) in [5.74, 6) is 1.08. The third-order valence-corrected chi connectivity index (χ3v) is 3.80. The van der Waals surface area contributed by atoms with E-state index in [1.54, 1.807) is 0 Å². The Morgan fingerprint density at radius 3 is 3.25 bits per heavy atom. The summed E-state index contributed by atoms with van der Waals surface area (Å²) in [6.45, 7) is 3.05. The molecule has 1 unspecified atom stereocenters. The molecule has 0 aromatic carbocycles. The molecule has 0 saturated heterocycles. The molecule has 0 radical (unpaired) electrons. The summed E-state index contributed by atoms with van der Waals surface area (Å²) in [7, 11) is 0. The van der Waals surface area contributed by atoms with Crippen molar-refractivity contribution in [2.75, 3.05) is 6.54 Å². The summed E-state index contributed by atoms with van der Waals surface area (Å²) in [5, 5.41) is 1.16. The fraction of sp³-hybridized carbons (Fsp3) is 0.250. The van der Waals surface area contributed by atoms with Gasteiger partial charge in [0.15, 0.2) is 0 Å². The number of nitrogens with zero attached hydrogens (tertiary/aromatic N) is 3. The number of aliphatic imine (C=N–C) groups is 1. The van der Waals surface area contributed by atoms with Crippen LogP contribution in [0.1, 0.15) is 12.6 Å². The quantitative estimate of drug-likeness (QED) is 0.906. The lowest BCUT2D eigenvalue weighted by Gasteiger charge is -2.17. The lowest BCUT2D eigenvalue weighted by molar-refractivity contribution is 0.531. The van der Waals surface area contributed by atoms with Crippen molar-refractivity contribution in [2.45, 2.75) is 19.4 Å². The molecule has 4 heteroatoms. The molecule has 20 heavy (non-hydrogen) atoms. The molecular weight excluding hydrogens is 248 g/mol. The van der Waals surface area contributed by atoms with E-state index in [9.17, 15) is 0 Å². The van der Waals surface area contributed by atoms with E-state index < -0.39 is 0 Å². The number of nitrogens with one attached hydrogen (secondary N) is 1. The van der Waals surface area contributed by atoms with Gasteiger partial charge in [-0.3, -0.25) is 4.99 Å². The van der Waals surface area contributed by atoms with Gasteiger partial charge in [-0.2, -0.15) is 0 Å². The minimum Gasteiger partial charge on any atom is -0.346 e. The number of rotatable bonds is 2. The Bertz CT molecular complexity index is 751. The highest BCUT2D eigenvalue weighted by Crippen LogP contribution is 2.20. The smallest absolute Gasteiger partial charge is 0.137 e. The molecule has 2 aromatic heterocycles. The van der Waals surface area contributed by atoms with Gasteiger partial charge < -0.3 is 9.88 Å². The van der Waals surface area contributed by atoms with Crippen LogP contribution in [-0.4, -0.2) is 33.3 Å². The highest BCUT2D eigenvalue weighted by molar-refractivity contribution is 5.97. The van der Waals surface area contributed by atoms with Crippen molar-refractivity contribution in [1.29, 1.82) is 0 Å². The number of pyridine rings is 1. The Hall–Kier alpha value is -2.36. The summed E-state index contributed by atoms with van der Waals surface area (Å²) in [6.07, 6.45) is 9.20. The minimum absolute atomic E-state index is 0.289. The van der Waals surface area contributed by atoms with Crippen molar-refractivity contribution in [3.05, 3.63) is 54.0 Å². The van der Waals surface area contributed by atoms with E-state index in [0.29, 0.717) is 0 Å². The summed E-state index contributed by atoms with van der Waals surface area (Å²) < 4.78 is 0. The average molecular weight is 264 g/mol. The molecule has 0 bridgehead atoms. The zero-order valence-corrected chi connectivity index (χ0v) is 11.4. The summed E-state index contributed by atoms with van der Waals surface area (Å²) in [4.78, 5) is 14.8. The predicted molar refractivity (Wildman–Crippen MR) is 80.6 cm³/mol. The molecule has 4 rings (SSSR count). The first kappa shape index (κ1) is 11.5. The number of aromatic nitrogens is 2. The molecule has 4 nitrogen and oxygen atoms in total. The number of H-pyrrole nitrogens is 1. The Balaban J connectivity index is 1.56. The van der Waals surface area contributed by atoms with E-state index in [4.69, 9.17) is 4.99 Å². The van der Waals surface area contributed by atoms with Gasteiger partial charge in [0.05, 0.1) is 6.04 Å². The molecule has 2 aliphatic rings. The predicted octanol–water partition coefficient (Wildman–Crippen LogP) is 2.66. The second kappa shape index (κ2) is 4.34. The first-order valence-electron chi connectivity index (χ1n) is 6.92. The molecule has 2 aliphatic heterocycles. The van der Waals surface area contributed by atoms with Crippen LogP contribution >= 0.6 is 0 Å². The zero-order chi connectivity index (χ0) is 13.5. The number of hydrogen-bond donors (Lipinski definition) is 1. The molecule has 0 amide bonds. The van der Waals surface area contributed by atoms with Crippen LogP contribution in [0.15, 0.2) is 53.3 Å². The number of allylic oxidation sites excluding steroid dienone is 2. The highest BCUT2D eigenvalue weighted by atomic mass is 15.2. The molecule has 1 N–H and O–H groups in total. The Kier molecular flexibility index (Phi) is 2.49. The molecule has 100 valence electrons. The van der Waals surface area contributed by atoms with Crippen LogP contribution in [0.4, 0.5) is 0 Å². The molecule has 2 aromatic rings. The topological polar surface area (TPSA) is 44.3 Å². The second-order valence-electron chi connectivity index (χ2n) is 5.42. The maximum Gasteiger partial charge on any atom is 0.137 e. The Morgan fingerprint density at radius 2 is 2.30 bits per heavy atom. The summed E-state index contributed by atoms with van der Waals surface area (Å²) in [5.41, 5.74) is 3.31. The number of hydrogen-bond acceptors (Lipinski definition) is 3. The van der Waals surface area contributed by atoms with Gasteiger partial charge in [-0.05, 0) is 42.8 Å². The molecule has 0 fully saturated rings. The first-order chi connectivity index (χ1) is 9.78. The Labute approximate surface area is 117 Å². The number of amidine groups is 1. The standard InChI is InChI=1S/C16H16N4/c1-11-5-7-20-10-14(18-15(20)8-11)9-13-3-2-12-4-6-17-16(12)19-13/h2-8,14H,9-10H2,1H3,(H,17,19). The largest absolute Gasteiger partial charge is 0.346 e. The van der Waals surface area contributed by atoms with Gasteiger partial charge in [-0.1, -0.05) is 0 Å². The average Bonchev–Trinajstić information content (AvgIpc) is 3.03. The van der Waals surface area contributed by atoms with Gasteiger partial charge in [0.25, 0.3) is 0 Å². The van der Waals surface area contributed by atoms with Gasteiger partial charge in [0, 0.05) is 36.4 Å². The normalized spacial score (nSPS) is 21.1. The fourth-order valence-electron chi connectivity index (χ4n) is 2.78. The van der Waals surface area contributed by atoms with Crippen molar-refractivity contribution >= 4 is 16.9 Å². The first-order valence-corrected chi connectivity index (χ1v) is 6.92. The third-order valence-electron chi connectivity index (χ3n) is 3.80. The van der Waals surface area contributed by atoms with Gasteiger partial charge in [0.2, 0.25) is 0 Å². The minimum atomic E-state index is 0.289. The van der Waals surface area contributed by atoms with E-state index in [1.165, 1.54) is 5.57 Å². The maximum absolute atomic E-state index is 4.79. The van der Waals surface area contributed by atoms with Crippen LogP contribution in [0.25, 0.3) is 11.0 Å². The van der Waals surface area contributed by atoms with Gasteiger partial charge >= 0.3 is 0 Å². The van der Waals surface area contributed by atoms with Crippen molar-refractivity contribution < 1.29 is 0 Å². The number of fused-ring (bicyclic) bond motifs is 2. The van der Waals surface area contributed by atoms with Crippen molar-refractivity contribution in [3.63, 3.8) is 0 Å². The van der Waals surface area contributed by atoms with Crippen molar-refractivity contribution in [1.82, 2.24) is 14.9 Å². The van der Waals surface area contributed by atoms with E-state index >= 15 is 0 Å². The fourth-order valence-corrected chi connectivity index (χ4v) is 2.78. The summed E-state index contributed by atoms with van der Waals surface area (Å²) in [6, 6.07) is 6.55. The van der Waals surface area contributed by atoms with Crippen LogP contribution in [0.2, 0.25) is 0 Å². The van der Waals surface area contributed by atoms with E-state index in [-0.39, 0.29) is 6.04 Å². The SMILES string of the molecule is CC1=CC2=NC(Cc3ccc4cc[nH]c4n3)CN2C=C1. The monoisotopic (exact) mass is 264 g/mol. The molecule has 1 atom stereocenters. The van der Waals surface area contributed by atoms with Gasteiger partial charge in [-0.15, -0.1) is 0 Å². The van der Waals surface area contributed by atoms with Crippen LogP contribution < -0.4 is 0 Å². The van der Waals surface area contributed by atoms with Crippen LogP contribution in [-0.2, 0) is 6.42 Å². The van der Waals surface area contributed by atoms with Crippen molar-refractivity contribution in [3.8, 4) is 0 Å². The van der Waals surface area contributed by atoms with Crippen molar-refractivity contribution in [2.24, 2.45) is 4.99 Å². The van der Waals surface area contributed by atoms with Crippen LogP contribution in [0, 0.1) is 0 Å². The lowest BCUT2D eigenvalue weighted by atomic mass is 10.1. The molecule has 0 aliphatic carbocycles. The van der Waals surface area contributed by atoms with Crippen LogP contribution in [0.3, 0.4) is 0 Å². The Morgan fingerprint density at radius 1 is 1.35 bits per heavy atom. The van der Waals surface area contributed by atoms with E-state index in [2.05, 4.69) is 52.3 Å². The summed E-state index contributed by atoms with van der Waals surface area (Å²) >= 11 is 0.